The summed E-state index contributed by atoms with van der Waals surface area (Å²) in [7, 11) is 0. The first-order valence-corrected chi connectivity index (χ1v) is 20.0. The number of hydrogen-bond donors (Lipinski definition) is 0. The van der Waals surface area contributed by atoms with E-state index in [0.29, 0.717) is 23.3 Å². The van der Waals surface area contributed by atoms with Crippen molar-refractivity contribution < 1.29 is 0 Å². The molecule has 60 heavy (non-hydrogen) atoms. The lowest BCUT2D eigenvalue weighted by Crippen LogP contribution is -2.00. The van der Waals surface area contributed by atoms with E-state index in [1.54, 1.807) is 0 Å². The highest BCUT2D eigenvalue weighted by Gasteiger charge is 2.18. The first kappa shape index (κ1) is 36.2. The Morgan fingerprint density at radius 2 is 0.550 bits per heavy atom. The Bertz CT molecular complexity index is 2930. The molecule has 0 spiro atoms. The maximum atomic E-state index is 5.25. The predicted molar refractivity (Wildman–Crippen MR) is 244 cm³/mol. The molecule has 0 saturated carbocycles. The molecule has 5 nitrogen and oxygen atoms in total. The number of hydrogen-bond acceptors (Lipinski definition) is 5. The Balaban J connectivity index is 1.21. The number of aromatic nitrogens is 5. The van der Waals surface area contributed by atoms with Crippen LogP contribution in [0.2, 0.25) is 0 Å². The van der Waals surface area contributed by atoms with Crippen molar-refractivity contribution in [3.05, 3.63) is 224 Å². The van der Waals surface area contributed by atoms with Crippen LogP contribution in [0, 0.1) is 0 Å². The van der Waals surface area contributed by atoms with Gasteiger partial charge in [-0.05, 0) is 63.7 Å². The Kier molecular flexibility index (Phi) is 9.88. The summed E-state index contributed by atoms with van der Waals surface area (Å²) in [4.78, 5) is 25.5. The molecule has 5 heteroatoms. The number of rotatable bonds is 9. The largest absolute Gasteiger partial charge is 0.228 e. The van der Waals surface area contributed by atoms with E-state index in [2.05, 4.69) is 127 Å². The summed E-state index contributed by atoms with van der Waals surface area (Å²) < 4.78 is 0. The molecule has 2 heterocycles. The van der Waals surface area contributed by atoms with Gasteiger partial charge in [-0.3, -0.25) is 0 Å². The summed E-state index contributed by atoms with van der Waals surface area (Å²) in [5.41, 5.74) is 13.8. The van der Waals surface area contributed by atoms with Crippen molar-refractivity contribution in [2.45, 2.75) is 0 Å². The molecular weight excluding hydrogens is 731 g/mol. The fourth-order valence-electron chi connectivity index (χ4n) is 7.53. The lowest BCUT2D eigenvalue weighted by Gasteiger charge is -2.17. The SMILES string of the molecule is c1ccc(-c2cc(-c3cc(-c4ccccc4)nc(-c4ccccc4)n3)cc(-c3cc(-c4nc(-c5ccccc5)nc(-c5ccccc5)n4)ccc3-c3ccccc3)c2)cc1. The van der Waals surface area contributed by atoms with Crippen molar-refractivity contribution in [2.24, 2.45) is 0 Å². The highest BCUT2D eigenvalue weighted by atomic mass is 15.0. The van der Waals surface area contributed by atoms with Gasteiger partial charge in [0.2, 0.25) is 0 Å². The standard InChI is InChI=1S/C55H37N5/c1-7-19-38(20-8-1)45-33-46(35-47(34-45)51-37-50(40-23-11-3-12-24-40)56-52(57-51)41-25-13-4-14-26-41)49-36-44(31-32-48(49)39-21-9-2-10-22-39)55-59-53(42-27-15-5-16-28-42)58-54(60-55)43-29-17-6-18-30-43/h1-37H. The first-order valence-electron chi connectivity index (χ1n) is 20.0. The lowest BCUT2D eigenvalue weighted by atomic mass is 9.89. The van der Waals surface area contributed by atoms with Crippen LogP contribution in [0.5, 0.6) is 0 Å². The Morgan fingerprint density at radius 1 is 0.183 bits per heavy atom. The third kappa shape index (κ3) is 7.63. The highest BCUT2D eigenvalue weighted by Crippen LogP contribution is 2.40. The predicted octanol–water partition coefficient (Wildman–Crippen LogP) is 13.7. The Labute approximate surface area is 349 Å². The van der Waals surface area contributed by atoms with Crippen LogP contribution in [0.15, 0.2) is 224 Å². The molecule has 0 aliphatic carbocycles. The molecule has 0 amide bonds. The topological polar surface area (TPSA) is 64.5 Å². The average Bonchev–Trinajstić information content (AvgIpc) is 3.35. The van der Waals surface area contributed by atoms with Gasteiger partial charge in [0, 0.05) is 33.4 Å². The van der Waals surface area contributed by atoms with Crippen molar-refractivity contribution in [3.63, 3.8) is 0 Å². The Hall–Kier alpha value is -8.15. The van der Waals surface area contributed by atoms with E-state index in [9.17, 15) is 0 Å². The molecule has 10 rings (SSSR count). The van der Waals surface area contributed by atoms with Crippen LogP contribution >= 0.6 is 0 Å². The van der Waals surface area contributed by atoms with Gasteiger partial charge in [-0.1, -0.05) is 194 Å². The van der Waals surface area contributed by atoms with Crippen LogP contribution in [0.1, 0.15) is 0 Å². The van der Waals surface area contributed by atoms with Crippen LogP contribution in [-0.2, 0) is 0 Å². The molecule has 0 fully saturated rings. The van der Waals surface area contributed by atoms with Crippen molar-refractivity contribution in [2.75, 3.05) is 0 Å². The van der Waals surface area contributed by atoms with Crippen LogP contribution in [0.4, 0.5) is 0 Å². The average molecular weight is 768 g/mol. The summed E-state index contributed by atoms with van der Waals surface area (Å²) in [6, 6.07) is 77.1. The zero-order chi connectivity index (χ0) is 40.1. The fraction of sp³-hybridized carbons (Fsp3) is 0. The Morgan fingerprint density at radius 3 is 1.05 bits per heavy atom. The van der Waals surface area contributed by atoms with Crippen LogP contribution < -0.4 is 0 Å². The van der Waals surface area contributed by atoms with Gasteiger partial charge in [-0.15, -0.1) is 0 Å². The molecule has 0 aliphatic heterocycles. The fourth-order valence-corrected chi connectivity index (χ4v) is 7.53. The lowest BCUT2D eigenvalue weighted by molar-refractivity contribution is 1.07. The van der Waals surface area contributed by atoms with Crippen molar-refractivity contribution in [1.29, 1.82) is 0 Å². The summed E-state index contributed by atoms with van der Waals surface area (Å²) in [5, 5.41) is 0. The van der Waals surface area contributed by atoms with Gasteiger partial charge in [-0.2, -0.15) is 0 Å². The van der Waals surface area contributed by atoms with Crippen LogP contribution in [0.25, 0.3) is 101 Å². The van der Waals surface area contributed by atoms with Gasteiger partial charge >= 0.3 is 0 Å². The highest BCUT2D eigenvalue weighted by molar-refractivity contribution is 5.90. The minimum Gasteiger partial charge on any atom is -0.228 e. The monoisotopic (exact) mass is 767 g/mol. The molecule has 0 unspecified atom stereocenters. The van der Waals surface area contributed by atoms with Crippen molar-refractivity contribution in [3.8, 4) is 101 Å². The maximum Gasteiger partial charge on any atom is 0.164 e. The molecule has 2 aromatic heterocycles. The molecule has 0 bridgehead atoms. The zero-order valence-corrected chi connectivity index (χ0v) is 32.6. The number of nitrogens with zero attached hydrogens (tertiary/aromatic N) is 5. The number of benzene rings is 8. The van der Waals surface area contributed by atoms with Gasteiger partial charge in [0.25, 0.3) is 0 Å². The molecular formula is C55H37N5. The first-order chi connectivity index (χ1) is 29.7. The summed E-state index contributed by atoms with van der Waals surface area (Å²) >= 11 is 0. The van der Waals surface area contributed by atoms with Crippen LogP contribution in [0.3, 0.4) is 0 Å². The summed E-state index contributed by atoms with van der Waals surface area (Å²) in [6.45, 7) is 0. The van der Waals surface area contributed by atoms with E-state index in [1.807, 2.05) is 97.1 Å². The summed E-state index contributed by atoms with van der Waals surface area (Å²) in [6.07, 6.45) is 0. The van der Waals surface area contributed by atoms with E-state index >= 15 is 0 Å². The molecule has 8 aromatic carbocycles. The van der Waals surface area contributed by atoms with Gasteiger partial charge in [0.05, 0.1) is 11.4 Å². The minimum atomic E-state index is 0.596. The van der Waals surface area contributed by atoms with Gasteiger partial charge < -0.3 is 0 Å². The van der Waals surface area contributed by atoms with Gasteiger partial charge in [0.15, 0.2) is 23.3 Å². The molecule has 10 aromatic rings. The van der Waals surface area contributed by atoms with E-state index in [0.717, 1.165) is 78.1 Å². The minimum absolute atomic E-state index is 0.596. The second-order valence-electron chi connectivity index (χ2n) is 14.5. The summed E-state index contributed by atoms with van der Waals surface area (Å²) in [5.74, 6) is 2.50. The third-order valence-corrected chi connectivity index (χ3v) is 10.5. The van der Waals surface area contributed by atoms with Gasteiger partial charge in [-0.25, -0.2) is 24.9 Å². The third-order valence-electron chi connectivity index (χ3n) is 10.5. The second kappa shape index (κ2) is 16.4. The molecule has 282 valence electrons. The quantitative estimate of drug-likeness (QED) is 0.146. The molecule has 0 N–H and O–H groups in total. The van der Waals surface area contributed by atoms with E-state index < -0.39 is 0 Å². The van der Waals surface area contributed by atoms with E-state index in [4.69, 9.17) is 24.9 Å². The smallest absolute Gasteiger partial charge is 0.164 e. The van der Waals surface area contributed by atoms with E-state index in [1.165, 1.54) is 0 Å². The zero-order valence-electron chi connectivity index (χ0n) is 32.6. The molecule has 0 saturated heterocycles. The van der Waals surface area contributed by atoms with Crippen molar-refractivity contribution >= 4 is 0 Å². The van der Waals surface area contributed by atoms with Gasteiger partial charge in [0.1, 0.15) is 0 Å². The molecule has 0 radical (unpaired) electrons. The molecule has 0 atom stereocenters. The van der Waals surface area contributed by atoms with E-state index in [-0.39, 0.29) is 0 Å². The normalized spacial score (nSPS) is 11.0. The molecule has 0 aliphatic rings. The maximum absolute atomic E-state index is 5.25. The van der Waals surface area contributed by atoms with Crippen LogP contribution in [-0.4, -0.2) is 24.9 Å². The van der Waals surface area contributed by atoms with Crippen molar-refractivity contribution in [1.82, 2.24) is 24.9 Å². The second-order valence-corrected chi connectivity index (χ2v) is 14.5.